The first kappa shape index (κ1) is 33.1. The molecule has 254 valence electrons. The van der Waals surface area contributed by atoms with E-state index in [0.717, 1.165) is 10.9 Å². The molecule has 3 aromatic rings. The largest absolute Gasteiger partial charge is 0.465 e. The van der Waals surface area contributed by atoms with Crippen LogP contribution in [0, 0.1) is 17.8 Å². The van der Waals surface area contributed by atoms with Gasteiger partial charge in [0.05, 0.1) is 34.6 Å². The van der Waals surface area contributed by atoms with Crippen LogP contribution in [0.1, 0.15) is 33.6 Å². The van der Waals surface area contributed by atoms with Gasteiger partial charge in [0.15, 0.2) is 11.5 Å². The van der Waals surface area contributed by atoms with Crippen LogP contribution in [-0.4, -0.2) is 102 Å². The second kappa shape index (κ2) is 12.3. The highest BCUT2D eigenvalue weighted by Crippen LogP contribution is 2.52. The van der Waals surface area contributed by atoms with Gasteiger partial charge in [0.25, 0.3) is 11.8 Å². The van der Waals surface area contributed by atoms with Crippen molar-refractivity contribution in [2.45, 2.75) is 19.6 Å². The summed E-state index contributed by atoms with van der Waals surface area (Å²) in [4.78, 5) is 59.3. The van der Waals surface area contributed by atoms with Crippen molar-refractivity contribution in [2.75, 3.05) is 44.6 Å². The molecule has 3 aliphatic rings. The smallest absolute Gasteiger partial charge is 0.435 e. The summed E-state index contributed by atoms with van der Waals surface area (Å²) in [5, 5.41) is 15.5. The van der Waals surface area contributed by atoms with Gasteiger partial charge in [-0.1, -0.05) is 23.8 Å². The Hall–Kier alpha value is -4.86. The summed E-state index contributed by atoms with van der Waals surface area (Å²) in [6, 6.07) is 4.34. The lowest BCUT2D eigenvalue weighted by molar-refractivity contribution is -0.141. The third-order valence-electron chi connectivity index (χ3n) is 9.01. The summed E-state index contributed by atoms with van der Waals surface area (Å²) in [6.07, 6.45) is -3.32. The summed E-state index contributed by atoms with van der Waals surface area (Å²) in [6.45, 7) is 7.50. The monoisotopic (exact) mass is 688 g/mol. The van der Waals surface area contributed by atoms with Gasteiger partial charge in [0.2, 0.25) is 5.91 Å². The van der Waals surface area contributed by atoms with E-state index in [1.807, 2.05) is 0 Å². The lowest BCUT2D eigenvalue weighted by Crippen LogP contribution is -2.51. The van der Waals surface area contributed by atoms with E-state index in [1.165, 1.54) is 40.9 Å². The number of nitrogens with one attached hydrogen (secondary N) is 1. The minimum atomic E-state index is -4.74. The van der Waals surface area contributed by atoms with Crippen molar-refractivity contribution in [1.82, 2.24) is 34.0 Å². The van der Waals surface area contributed by atoms with E-state index in [9.17, 15) is 32.3 Å². The maximum atomic E-state index is 13.8. The highest BCUT2D eigenvalue weighted by molar-refractivity contribution is 6.34. The van der Waals surface area contributed by atoms with Crippen molar-refractivity contribution in [2.24, 2.45) is 24.8 Å². The number of carboxylic acid groups (broad SMARTS) is 1. The van der Waals surface area contributed by atoms with E-state index in [2.05, 4.69) is 22.0 Å². The van der Waals surface area contributed by atoms with Gasteiger partial charge >= 0.3 is 12.3 Å². The number of piperidine rings is 1. The average Bonchev–Trinajstić information content (AvgIpc) is 3.37. The number of carbonyl (C=O) groups is 4. The number of benzene rings is 1. The molecular formula is C31H32ClF3N8O5. The number of likely N-dealkylation sites (tertiary alicyclic amines) is 1. The Labute approximate surface area is 277 Å². The summed E-state index contributed by atoms with van der Waals surface area (Å²) in [5.74, 6) is -1.26. The van der Waals surface area contributed by atoms with Crippen LogP contribution in [0.25, 0.3) is 11.3 Å². The van der Waals surface area contributed by atoms with Gasteiger partial charge < -0.3 is 29.7 Å². The van der Waals surface area contributed by atoms with E-state index in [4.69, 9.17) is 16.7 Å². The number of hydrogen-bond acceptors (Lipinski definition) is 6. The van der Waals surface area contributed by atoms with Crippen molar-refractivity contribution in [3.8, 4) is 11.3 Å². The number of alkyl halides is 3. The van der Waals surface area contributed by atoms with Gasteiger partial charge in [-0.2, -0.15) is 18.3 Å². The molecule has 2 aliphatic heterocycles. The number of rotatable bonds is 7. The van der Waals surface area contributed by atoms with Crippen molar-refractivity contribution in [1.29, 1.82) is 0 Å². The molecule has 3 fully saturated rings. The minimum Gasteiger partial charge on any atom is -0.465 e. The number of imidazole rings is 1. The number of halogens is 4. The van der Waals surface area contributed by atoms with Crippen LogP contribution >= 0.6 is 11.6 Å². The Bertz CT molecular complexity index is 1820. The number of nitrogens with zero attached hydrogens (tertiary/aromatic N) is 7. The second-order valence-corrected chi connectivity index (χ2v) is 12.8. The molecule has 3 atom stereocenters. The van der Waals surface area contributed by atoms with E-state index in [0.29, 0.717) is 44.8 Å². The first-order valence-electron chi connectivity index (χ1n) is 15.1. The Balaban J connectivity index is 1.07. The number of carbonyl (C=O) groups excluding carboxylic acids is 3. The minimum absolute atomic E-state index is 0.00117. The number of piperazine rings is 1. The average molecular weight is 689 g/mol. The number of hydrogen-bond donors (Lipinski definition) is 2. The third-order valence-corrected chi connectivity index (χ3v) is 9.33. The molecular weight excluding hydrogens is 657 g/mol. The number of anilines is 1. The molecule has 1 aromatic carbocycles. The normalized spacial score (nSPS) is 20.5. The van der Waals surface area contributed by atoms with Crippen LogP contribution in [0.2, 0.25) is 5.02 Å². The highest BCUT2D eigenvalue weighted by atomic mass is 35.5. The lowest BCUT2D eigenvalue weighted by Gasteiger charge is -2.35. The molecule has 2 aromatic heterocycles. The second-order valence-electron chi connectivity index (χ2n) is 12.4. The molecule has 17 heteroatoms. The zero-order valence-electron chi connectivity index (χ0n) is 26.0. The summed E-state index contributed by atoms with van der Waals surface area (Å²) < 4.78 is 43.7. The molecule has 4 amide bonds. The van der Waals surface area contributed by atoms with Crippen LogP contribution in [0.5, 0.6) is 0 Å². The Morgan fingerprint density at radius 1 is 1.06 bits per heavy atom. The molecule has 48 heavy (non-hydrogen) atoms. The molecule has 4 heterocycles. The molecule has 0 bridgehead atoms. The molecule has 2 saturated heterocycles. The van der Waals surface area contributed by atoms with Gasteiger partial charge in [0, 0.05) is 64.1 Å². The van der Waals surface area contributed by atoms with Gasteiger partial charge in [-0.05, 0) is 37.0 Å². The van der Waals surface area contributed by atoms with E-state index in [-0.39, 0.29) is 69.5 Å². The maximum absolute atomic E-state index is 13.8. The molecule has 0 radical (unpaired) electrons. The molecule has 0 spiro atoms. The zero-order valence-corrected chi connectivity index (χ0v) is 26.8. The Morgan fingerprint density at radius 2 is 1.71 bits per heavy atom. The number of fused-ring (bicyclic) bond motifs is 1. The SMILES string of the molecule is C=C(C)Cn1cc(-c2cnc(C(=O)Nc3ccc(C(=O)N4CCN(C(=O)[C@@H]5[C@@H]6CN(C(=O)O)C[C@@H]65)CC4)c(Cl)c3)n2C)c(C(F)(F)F)n1. The van der Waals surface area contributed by atoms with Gasteiger partial charge in [0.1, 0.15) is 0 Å². The summed E-state index contributed by atoms with van der Waals surface area (Å²) >= 11 is 6.45. The van der Waals surface area contributed by atoms with E-state index < -0.39 is 23.9 Å². The van der Waals surface area contributed by atoms with Crippen LogP contribution < -0.4 is 5.32 Å². The van der Waals surface area contributed by atoms with Crippen molar-refractivity contribution < 1.29 is 37.5 Å². The van der Waals surface area contributed by atoms with Crippen molar-refractivity contribution in [3.63, 3.8) is 0 Å². The molecule has 0 unspecified atom stereocenters. The Morgan fingerprint density at radius 3 is 2.29 bits per heavy atom. The first-order chi connectivity index (χ1) is 22.6. The summed E-state index contributed by atoms with van der Waals surface area (Å²) in [7, 11) is 1.42. The van der Waals surface area contributed by atoms with Crippen molar-refractivity contribution in [3.05, 3.63) is 64.8 Å². The summed E-state index contributed by atoms with van der Waals surface area (Å²) in [5.41, 5.74) is -0.272. The fourth-order valence-electron chi connectivity index (χ4n) is 6.56. The standard InChI is InChI=1S/C31H32ClF3N8O5/c1-16(2)12-43-15-21(25(38-43)31(33,34)35)23-11-36-26(39(23)3)27(44)37-17-4-5-18(22(32)10-17)28(45)40-6-8-41(9-7-40)29(46)24-19-13-42(30(47)48)14-20(19)24/h4-5,10-11,15,19-20,24H,1,6-9,12-14H2,2-3H3,(H,37,44)(H,47,48)/t19-,20+,24-. The third kappa shape index (κ3) is 6.23. The van der Waals surface area contributed by atoms with Crippen LogP contribution in [0.4, 0.5) is 23.7 Å². The van der Waals surface area contributed by atoms with Crippen LogP contribution in [-0.2, 0) is 24.6 Å². The van der Waals surface area contributed by atoms with Gasteiger partial charge in [-0.25, -0.2) is 9.78 Å². The fourth-order valence-corrected chi connectivity index (χ4v) is 6.82. The predicted octanol–water partition coefficient (Wildman–Crippen LogP) is 3.92. The number of aromatic nitrogens is 4. The van der Waals surface area contributed by atoms with Gasteiger partial charge in [-0.15, -0.1) is 0 Å². The molecule has 1 aliphatic carbocycles. The number of allylic oxidation sites excluding steroid dienone is 1. The fraction of sp³-hybridized carbons (Fsp3) is 0.419. The molecule has 1 saturated carbocycles. The van der Waals surface area contributed by atoms with E-state index >= 15 is 0 Å². The number of amides is 4. The molecule has 2 N–H and O–H groups in total. The Kier molecular flexibility index (Phi) is 8.47. The quantitative estimate of drug-likeness (QED) is 0.358. The van der Waals surface area contributed by atoms with E-state index in [1.54, 1.807) is 16.7 Å². The topological polar surface area (TPSA) is 146 Å². The van der Waals surface area contributed by atoms with Crippen LogP contribution in [0.3, 0.4) is 0 Å². The highest BCUT2D eigenvalue weighted by Gasteiger charge is 2.61. The van der Waals surface area contributed by atoms with Crippen molar-refractivity contribution >= 4 is 41.1 Å². The van der Waals surface area contributed by atoms with Crippen LogP contribution in [0.15, 0.2) is 42.7 Å². The zero-order chi connectivity index (χ0) is 34.7. The molecule has 13 nitrogen and oxygen atoms in total. The molecule has 6 rings (SSSR count). The maximum Gasteiger partial charge on any atom is 0.435 e. The van der Waals surface area contributed by atoms with Gasteiger partial charge in [-0.3, -0.25) is 19.1 Å². The predicted molar refractivity (Wildman–Crippen MR) is 166 cm³/mol. The lowest BCUT2D eigenvalue weighted by atomic mass is 10.1. The first-order valence-corrected chi connectivity index (χ1v) is 15.5.